The van der Waals surface area contributed by atoms with Crippen molar-refractivity contribution in [2.45, 2.75) is 0 Å². The Kier molecular flexibility index (Phi) is 24.6. The Bertz CT molecular complexity index is 37.9. The Hall–Kier alpha value is 0.967. The predicted octanol–water partition coefficient (Wildman–Crippen LogP) is -4.38. The van der Waals surface area contributed by atoms with Gasteiger partial charge < -0.3 is 11.0 Å². The molecule has 0 aliphatic heterocycles. The second-order valence-electron chi connectivity index (χ2n) is 0.283. The molecule has 0 aromatic heterocycles. The molecule has 0 rings (SSSR count). The van der Waals surface area contributed by atoms with E-state index in [0.717, 1.165) is 0 Å². The Morgan fingerprint density at radius 1 is 1.50 bits per heavy atom. The van der Waals surface area contributed by atoms with Crippen molar-refractivity contribution in [1.29, 1.82) is 0 Å². The molecule has 0 saturated carbocycles. The smallest absolute Gasteiger partial charge is 1.00 e. The molecule has 0 amide bonds. The summed E-state index contributed by atoms with van der Waals surface area (Å²) in [5.41, 5.74) is 0. The fraction of sp³-hybridized carbons (Fsp3) is 0. The first-order valence-electron chi connectivity index (χ1n) is 0.651. The van der Waals surface area contributed by atoms with Crippen LogP contribution in [0.3, 0.4) is 0 Å². The van der Waals surface area contributed by atoms with Crippen LogP contribution in [0.15, 0.2) is 0 Å². The standard InChI is InChI=1S/Na.H2O3Si.H2S.H/c;1-4(2)3;;/h;1-2H;1H2;/q+1;;;-1. The minimum Gasteiger partial charge on any atom is -1.00 e. The van der Waals surface area contributed by atoms with Crippen molar-refractivity contribution in [1.82, 2.24) is 0 Å². The maximum atomic E-state index is 8.74. The van der Waals surface area contributed by atoms with Crippen molar-refractivity contribution >= 4 is 22.7 Å². The van der Waals surface area contributed by atoms with E-state index in [1.165, 1.54) is 0 Å². The van der Waals surface area contributed by atoms with Gasteiger partial charge >= 0.3 is 38.7 Å². The van der Waals surface area contributed by atoms with Gasteiger partial charge in [0, 0.05) is 0 Å². The molecule has 0 bridgehead atoms. The summed E-state index contributed by atoms with van der Waals surface area (Å²) in [4.78, 5) is 14.3. The Labute approximate surface area is 67.5 Å². The second kappa shape index (κ2) is 9.35. The SMILES string of the molecule is O=[Si](O)O.S.[H-].[Na+]. The Balaban J connectivity index is -0.0000000150. The zero-order chi connectivity index (χ0) is 3.58. The van der Waals surface area contributed by atoms with Crippen molar-refractivity contribution in [2.24, 2.45) is 0 Å². The minimum atomic E-state index is -3.13. The number of rotatable bonds is 0. The van der Waals surface area contributed by atoms with Gasteiger partial charge in [0.25, 0.3) is 0 Å². The molecule has 0 heterocycles. The average molecular weight is 136 g/mol. The zero-order valence-corrected chi connectivity index (χ0v) is 7.30. The topological polar surface area (TPSA) is 57.5 Å². The molecule has 0 radical (unpaired) electrons. The molecule has 0 unspecified atom stereocenters. The van der Waals surface area contributed by atoms with Gasteiger partial charge in [-0.25, -0.2) is 0 Å². The van der Waals surface area contributed by atoms with Crippen molar-refractivity contribution in [3.05, 3.63) is 0 Å². The summed E-state index contributed by atoms with van der Waals surface area (Å²) in [6.07, 6.45) is 0. The third-order valence-electron chi connectivity index (χ3n) is 0. The van der Waals surface area contributed by atoms with Gasteiger partial charge in [0.05, 0.1) is 0 Å². The second-order valence-corrected chi connectivity index (χ2v) is 0.848. The zero-order valence-electron chi connectivity index (χ0n) is 4.30. The van der Waals surface area contributed by atoms with Gasteiger partial charge in [-0.15, -0.1) is 0 Å². The molecule has 0 aromatic rings. The number of hydrogen-bond acceptors (Lipinski definition) is 1. The molecule has 6 heteroatoms. The van der Waals surface area contributed by atoms with Gasteiger partial charge in [-0.3, -0.25) is 4.46 Å². The molecule has 0 aromatic carbocycles. The summed E-state index contributed by atoms with van der Waals surface area (Å²) in [5.74, 6) is 0. The summed E-state index contributed by atoms with van der Waals surface area (Å²) in [7, 11) is -3.13. The average Bonchev–Trinajstić information content (AvgIpc) is 0.811. The van der Waals surface area contributed by atoms with E-state index in [2.05, 4.69) is 0 Å². The molecule has 0 atom stereocenters. The van der Waals surface area contributed by atoms with E-state index in [1.807, 2.05) is 0 Å². The van der Waals surface area contributed by atoms with Gasteiger partial charge in [-0.2, -0.15) is 13.5 Å². The molecule has 2 N–H and O–H groups in total. The van der Waals surface area contributed by atoms with Crippen LogP contribution in [0.2, 0.25) is 0 Å². The van der Waals surface area contributed by atoms with Gasteiger partial charge in [0.15, 0.2) is 0 Å². The first-order chi connectivity index (χ1) is 1.73. The monoisotopic (exact) mass is 136 g/mol. The molecule has 34 valence electrons. The van der Waals surface area contributed by atoms with Gasteiger partial charge in [0.1, 0.15) is 0 Å². The van der Waals surface area contributed by atoms with E-state index < -0.39 is 9.17 Å². The molecule has 6 heavy (non-hydrogen) atoms. The van der Waals surface area contributed by atoms with Gasteiger partial charge in [-0.05, 0) is 0 Å². The summed E-state index contributed by atoms with van der Waals surface area (Å²) in [6, 6.07) is 0. The van der Waals surface area contributed by atoms with Crippen molar-refractivity contribution in [3.8, 4) is 0 Å². The van der Waals surface area contributed by atoms with Crippen molar-refractivity contribution < 1.29 is 45.0 Å². The van der Waals surface area contributed by atoms with Crippen LogP contribution in [0, 0.1) is 0 Å². The minimum absolute atomic E-state index is 0. The largest absolute Gasteiger partial charge is 1.00 e. The van der Waals surface area contributed by atoms with E-state index in [9.17, 15) is 0 Å². The third-order valence-corrected chi connectivity index (χ3v) is 0. The Morgan fingerprint density at radius 2 is 1.50 bits per heavy atom. The maximum absolute atomic E-state index is 8.74. The van der Waals surface area contributed by atoms with E-state index in [-0.39, 0.29) is 44.5 Å². The van der Waals surface area contributed by atoms with Crippen LogP contribution >= 0.6 is 13.5 Å². The van der Waals surface area contributed by atoms with Crippen LogP contribution in [0.25, 0.3) is 0 Å². The summed E-state index contributed by atoms with van der Waals surface area (Å²) < 4.78 is 8.74. The molecule has 0 aliphatic carbocycles. The maximum Gasteiger partial charge on any atom is 1.00 e. The van der Waals surface area contributed by atoms with Crippen LogP contribution in [0.1, 0.15) is 1.43 Å². The van der Waals surface area contributed by atoms with Gasteiger partial charge in [-0.1, -0.05) is 0 Å². The molecular formula is H5NaO3SSi. The van der Waals surface area contributed by atoms with Crippen LogP contribution in [0.4, 0.5) is 0 Å². The molecule has 0 aliphatic rings. The van der Waals surface area contributed by atoms with Crippen molar-refractivity contribution in [2.75, 3.05) is 0 Å². The van der Waals surface area contributed by atoms with Crippen LogP contribution in [0.5, 0.6) is 0 Å². The van der Waals surface area contributed by atoms with Crippen molar-refractivity contribution in [3.63, 3.8) is 0 Å². The summed E-state index contributed by atoms with van der Waals surface area (Å²) in [5, 5.41) is 0. The summed E-state index contributed by atoms with van der Waals surface area (Å²) >= 11 is 0. The molecule has 0 fully saturated rings. The number of hydrogen-bond donors (Lipinski definition) is 2. The van der Waals surface area contributed by atoms with Gasteiger partial charge in [0.2, 0.25) is 0 Å². The molecule has 3 nitrogen and oxygen atoms in total. The quantitative estimate of drug-likeness (QED) is 0.331. The first kappa shape index (κ1) is 15.8. The van der Waals surface area contributed by atoms with Crippen LogP contribution < -0.4 is 29.6 Å². The van der Waals surface area contributed by atoms with Crippen LogP contribution in [-0.2, 0) is 4.46 Å². The van der Waals surface area contributed by atoms with E-state index in [0.29, 0.717) is 0 Å². The predicted molar refractivity (Wildman–Crippen MR) is 22.4 cm³/mol. The van der Waals surface area contributed by atoms with Crippen LogP contribution in [-0.4, -0.2) is 18.8 Å². The Morgan fingerprint density at radius 3 is 1.50 bits per heavy atom. The molecule has 0 spiro atoms. The van der Waals surface area contributed by atoms with E-state index in [4.69, 9.17) is 14.1 Å². The normalized spacial score (nSPS) is 4.00. The van der Waals surface area contributed by atoms with E-state index in [1.54, 1.807) is 0 Å². The molecule has 0 saturated heterocycles. The molecular weight excluding hydrogens is 131 g/mol. The van der Waals surface area contributed by atoms with E-state index >= 15 is 0 Å². The summed E-state index contributed by atoms with van der Waals surface area (Å²) in [6.45, 7) is 0. The first-order valence-corrected chi connectivity index (χ1v) is 1.95. The third kappa shape index (κ3) is 83.6. The fourth-order valence-electron chi connectivity index (χ4n) is 0. The fourth-order valence-corrected chi connectivity index (χ4v) is 0.